The van der Waals surface area contributed by atoms with Crippen molar-refractivity contribution in [3.63, 3.8) is 0 Å². The molecule has 1 saturated heterocycles. The Kier molecular flexibility index (Phi) is 4.64. The highest BCUT2D eigenvalue weighted by atomic mass is 15.2. The van der Waals surface area contributed by atoms with Crippen LogP contribution in [0.4, 0.5) is 0 Å². The fourth-order valence-electron chi connectivity index (χ4n) is 3.22. The first kappa shape index (κ1) is 14.5. The Bertz CT molecular complexity index is 394. The Morgan fingerprint density at radius 3 is 2.26 bits per heavy atom. The second-order valence-electron chi connectivity index (χ2n) is 6.50. The highest BCUT2D eigenvalue weighted by molar-refractivity contribution is 5.25. The van der Waals surface area contributed by atoms with Crippen molar-refractivity contribution in [2.45, 2.75) is 46.2 Å². The van der Waals surface area contributed by atoms with Gasteiger partial charge in [0.1, 0.15) is 0 Å². The highest BCUT2D eigenvalue weighted by Crippen LogP contribution is 2.32. The molecule has 3 unspecified atom stereocenters. The van der Waals surface area contributed by atoms with Crippen LogP contribution in [0.3, 0.4) is 0 Å². The van der Waals surface area contributed by atoms with Crippen molar-refractivity contribution < 1.29 is 0 Å². The molecule has 1 aliphatic heterocycles. The van der Waals surface area contributed by atoms with Gasteiger partial charge in [-0.3, -0.25) is 4.90 Å². The van der Waals surface area contributed by atoms with Crippen LogP contribution in [-0.2, 0) is 0 Å². The van der Waals surface area contributed by atoms with Crippen molar-refractivity contribution in [1.82, 2.24) is 4.90 Å². The lowest BCUT2D eigenvalue weighted by molar-refractivity contribution is 0.204. The molecule has 0 saturated carbocycles. The van der Waals surface area contributed by atoms with Gasteiger partial charge in [0.15, 0.2) is 0 Å². The van der Waals surface area contributed by atoms with Gasteiger partial charge in [0.2, 0.25) is 0 Å². The Morgan fingerprint density at radius 1 is 1.16 bits per heavy atom. The van der Waals surface area contributed by atoms with Crippen molar-refractivity contribution in [3.8, 4) is 0 Å². The fraction of sp³-hybridized carbons (Fsp3) is 0.647. The Morgan fingerprint density at radius 2 is 1.79 bits per heavy atom. The van der Waals surface area contributed by atoms with E-state index in [0.29, 0.717) is 6.04 Å². The van der Waals surface area contributed by atoms with Crippen LogP contribution in [0.15, 0.2) is 24.3 Å². The fourth-order valence-corrected chi connectivity index (χ4v) is 3.22. The molecule has 0 amide bonds. The predicted molar refractivity (Wildman–Crippen MR) is 82.1 cm³/mol. The van der Waals surface area contributed by atoms with Gasteiger partial charge in [-0.2, -0.15) is 0 Å². The topological polar surface area (TPSA) is 29.3 Å². The maximum atomic E-state index is 6.27. The predicted octanol–water partition coefficient (Wildman–Crippen LogP) is 3.36. The summed E-state index contributed by atoms with van der Waals surface area (Å²) in [6, 6.07) is 9.41. The van der Waals surface area contributed by atoms with E-state index in [1.54, 1.807) is 0 Å². The Balaban J connectivity index is 2.15. The van der Waals surface area contributed by atoms with E-state index >= 15 is 0 Å². The SMILES string of the molecule is Cc1ccc(C(C(C)N)N2CCC(C(C)C)C2)cc1. The van der Waals surface area contributed by atoms with Crippen molar-refractivity contribution in [2.75, 3.05) is 13.1 Å². The number of likely N-dealkylation sites (tertiary alicyclic amines) is 1. The zero-order chi connectivity index (χ0) is 14.0. The summed E-state index contributed by atoms with van der Waals surface area (Å²) in [5, 5.41) is 0. The van der Waals surface area contributed by atoms with Crippen LogP contribution < -0.4 is 5.73 Å². The lowest BCUT2D eigenvalue weighted by atomic mass is 9.95. The molecule has 2 N–H and O–H groups in total. The number of hydrogen-bond acceptors (Lipinski definition) is 2. The highest BCUT2D eigenvalue weighted by Gasteiger charge is 2.32. The van der Waals surface area contributed by atoms with E-state index < -0.39 is 0 Å². The average Bonchev–Trinajstić information content (AvgIpc) is 2.81. The second kappa shape index (κ2) is 6.06. The van der Waals surface area contributed by atoms with Crippen LogP contribution >= 0.6 is 0 Å². The molecule has 0 radical (unpaired) electrons. The molecule has 1 fully saturated rings. The van der Waals surface area contributed by atoms with Gasteiger partial charge in [0.05, 0.1) is 0 Å². The number of nitrogens with two attached hydrogens (primary N) is 1. The van der Waals surface area contributed by atoms with Gasteiger partial charge >= 0.3 is 0 Å². The summed E-state index contributed by atoms with van der Waals surface area (Å²) in [6.45, 7) is 11.3. The standard InChI is InChI=1S/C17H28N2/c1-12(2)16-9-10-19(11-16)17(14(4)18)15-7-5-13(3)6-8-15/h5-8,12,14,16-17H,9-11,18H2,1-4H3. The minimum absolute atomic E-state index is 0.175. The zero-order valence-corrected chi connectivity index (χ0v) is 12.8. The average molecular weight is 260 g/mol. The molecule has 2 rings (SSSR count). The number of nitrogens with zero attached hydrogens (tertiary/aromatic N) is 1. The quantitative estimate of drug-likeness (QED) is 0.899. The van der Waals surface area contributed by atoms with E-state index in [-0.39, 0.29) is 6.04 Å². The monoisotopic (exact) mass is 260 g/mol. The van der Waals surface area contributed by atoms with Gasteiger partial charge in [-0.1, -0.05) is 43.7 Å². The number of aryl methyl sites for hydroxylation is 1. The molecule has 0 aliphatic carbocycles. The normalized spacial score (nSPS) is 23.8. The molecule has 3 atom stereocenters. The molecule has 1 aromatic carbocycles. The minimum atomic E-state index is 0.175. The van der Waals surface area contributed by atoms with Gasteiger partial charge in [-0.05, 0) is 44.2 Å². The van der Waals surface area contributed by atoms with E-state index in [1.807, 2.05) is 0 Å². The number of benzene rings is 1. The number of hydrogen-bond donors (Lipinski definition) is 1. The first-order chi connectivity index (χ1) is 8.99. The lowest BCUT2D eigenvalue weighted by Gasteiger charge is -2.32. The summed E-state index contributed by atoms with van der Waals surface area (Å²) < 4.78 is 0. The van der Waals surface area contributed by atoms with Crippen molar-refractivity contribution >= 4 is 0 Å². The third-order valence-electron chi connectivity index (χ3n) is 4.51. The molecule has 1 heterocycles. The summed E-state index contributed by atoms with van der Waals surface area (Å²) in [7, 11) is 0. The van der Waals surface area contributed by atoms with E-state index in [0.717, 1.165) is 11.8 Å². The molecule has 106 valence electrons. The molecule has 1 aliphatic rings. The minimum Gasteiger partial charge on any atom is -0.326 e. The summed E-state index contributed by atoms with van der Waals surface area (Å²) in [4.78, 5) is 2.58. The summed E-state index contributed by atoms with van der Waals surface area (Å²) in [5.41, 5.74) is 8.95. The number of rotatable bonds is 4. The van der Waals surface area contributed by atoms with Crippen LogP contribution in [-0.4, -0.2) is 24.0 Å². The molecule has 1 aromatic rings. The Hall–Kier alpha value is -0.860. The zero-order valence-electron chi connectivity index (χ0n) is 12.8. The lowest BCUT2D eigenvalue weighted by Crippen LogP contribution is -2.38. The van der Waals surface area contributed by atoms with Crippen LogP contribution in [0.5, 0.6) is 0 Å². The van der Waals surface area contributed by atoms with E-state index in [2.05, 4.69) is 56.9 Å². The molecule has 2 heteroatoms. The molecule has 2 nitrogen and oxygen atoms in total. The third kappa shape index (κ3) is 3.37. The van der Waals surface area contributed by atoms with Crippen LogP contribution in [0.25, 0.3) is 0 Å². The Labute approximate surface area is 118 Å². The van der Waals surface area contributed by atoms with Gasteiger partial charge in [0.25, 0.3) is 0 Å². The smallest absolute Gasteiger partial charge is 0.0496 e. The summed E-state index contributed by atoms with van der Waals surface area (Å²) in [5.74, 6) is 1.60. The van der Waals surface area contributed by atoms with E-state index in [1.165, 1.54) is 30.6 Å². The molecule has 0 bridgehead atoms. The van der Waals surface area contributed by atoms with Crippen molar-refractivity contribution in [2.24, 2.45) is 17.6 Å². The third-order valence-corrected chi connectivity index (χ3v) is 4.51. The van der Waals surface area contributed by atoms with E-state index in [9.17, 15) is 0 Å². The van der Waals surface area contributed by atoms with Gasteiger partial charge in [-0.25, -0.2) is 0 Å². The molecule has 0 spiro atoms. The van der Waals surface area contributed by atoms with Crippen LogP contribution in [0.2, 0.25) is 0 Å². The van der Waals surface area contributed by atoms with Crippen LogP contribution in [0.1, 0.15) is 44.4 Å². The van der Waals surface area contributed by atoms with Gasteiger partial charge in [0, 0.05) is 18.6 Å². The van der Waals surface area contributed by atoms with Gasteiger partial charge in [-0.15, -0.1) is 0 Å². The summed E-state index contributed by atoms with van der Waals surface area (Å²) in [6.07, 6.45) is 1.31. The molecule has 0 aromatic heterocycles. The first-order valence-corrected chi connectivity index (χ1v) is 7.55. The molecular weight excluding hydrogens is 232 g/mol. The van der Waals surface area contributed by atoms with Crippen molar-refractivity contribution in [3.05, 3.63) is 35.4 Å². The second-order valence-corrected chi connectivity index (χ2v) is 6.50. The summed E-state index contributed by atoms with van der Waals surface area (Å²) >= 11 is 0. The van der Waals surface area contributed by atoms with E-state index in [4.69, 9.17) is 5.73 Å². The first-order valence-electron chi connectivity index (χ1n) is 7.55. The molecule has 19 heavy (non-hydrogen) atoms. The van der Waals surface area contributed by atoms with Gasteiger partial charge < -0.3 is 5.73 Å². The maximum Gasteiger partial charge on any atom is 0.0496 e. The maximum absolute atomic E-state index is 6.27. The van der Waals surface area contributed by atoms with Crippen LogP contribution in [0, 0.1) is 18.8 Å². The van der Waals surface area contributed by atoms with Crippen molar-refractivity contribution in [1.29, 1.82) is 0 Å². The largest absolute Gasteiger partial charge is 0.326 e. The molecular formula is C17H28N2.